The summed E-state index contributed by atoms with van der Waals surface area (Å²) >= 11 is 0. The van der Waals surface area contributed by atoms with E-state index in [1.807, 2.05) is 0 Å². The number of hydrogen-bond acceptors (Lipinski definition) is 1. The van der Waals surface area contributed by atoms with Gasteiger partial charge in [-0.3, -0.25) is 0 Å². The van der Waals surface area contributed by atoms with Crippen LogP contribution in [-0.2, 0) is 0 Å². The number of rotatable bonds is 3. The molecule has 2 aliphatic carbocycles. The van der Waals surface area contributed by atoms with Gasteiger partial charge in [-0.25, -0.2) is 0 Å². The van der Waals surface area contributed by atoms with Gasteiger partial charge in [-0.15, -0.1) is 0 Å². The first kappa shape index (κ1) is 8.55. The van der Waals surface area contributed by atoms with Crippen molar-refractivity contribution in [2.45, 2.75) is 39.0 Å². The summed E-state index contributed by atoms with van der Waals surface area (Å²) in [7, 11) is 0. The van der Waals surface area contributed by atoms with E-state index in [2.05, 4.69) is 6.92 Å². The summed E-state index contributed by atoms with van der Waals surface area (Å²) < 4.78 is 0. The zero-order valence-corrected chi connectivity index (χ0v) is 8.00. The molecule has 4 unspecified atom stereocenters. The first-order valence-electron chi connectivity index (χ1n) is 5.43. The predicted molar refractivity (Wildman–Crippen MR) is 49.8 cm³/mol. The van der Waals surface area contributed by atoms with Crippen LogP contribution in [0.25, 0.3) is 0 Å². The molecule has 0 radical (unpaired) electrons. The lowest BCUT2D eigenvalue weighted by atomic mass is 9.78. The van der Waals surface area contributed by atoms with Gasteiger partial charge in [0.05, 0.1) is 0 Å². The standard InChI is InChI=1S/C11H20O/c1-8-9-4-5-10(7-9)11(8)3-2-6-12/h8-12H,2-7H2,1H3. The van der Waals surface area contributed by atoms with E-state index < -0.39 is 0 Å². The Morgan fingerprint density at radius 2 is 2.00 bits per heavy atom. The smallest absolute Gasteiger partial charge is 0.0431 e. The van der Waals surface area contributed by atoms with Crippen LogP contribution in [0.4, 0.5) is 0 Å². The summed E-state index contributed by atoms with van der Waals surface area (Å²) in [5, 5.41) is 8.78. The summed E-state index contributed by atoms with van der Waals surface area (Å²) in [6, 6.07) is 0. The minimum atomic E-state index is 0.389. The maximum atomic E-state index is 8.78. The van der Waals surface area contributed by atoms with Crippen LogP contribution in [0.3, 0.4) is 0 Å². The monoisotopic (exact) mass is 168 g/mol. The molecule has 0 aromatic rings. The summed E-state index contributed by atoms with van der Waals surface area (Å²) in [4.78, 5) is 0. The Balaban J connectivity index is 1.89. The Hall–Kier alpha value is -0.0400. The summed E-state index contributed by atoms with van der Waals surface area (Å²) in [5.41, 5.74) is 0. The molecule has 4 atom stereocenters. The van der Waals surface area contributed by atoms with Crippen molar-refractivity contribution < 1.29 is 5.11 Å². The minimum absolute atomic E-state index is 0.389. The molecule has 0 heterocycles. The van der Waals surface area contributed by atoms with Crippen molar-refractivity contribution in [3.05, 3.63) is 0 Å². The van der Waals surface area contributed by atoms with Crippen molar-refractivity contribution in [1.29, 1.82) is 0 Å². The second kappa shape index (κ2) is 3.37. The van der Waals surface area contributed by atoms with Crippen LogP contribution in [0.15, 0.2) is 0 Å². The molecule has 2 saturated carbocycles. The molecule has 0 aromatic heterocycles. The van der Waals surface area contributed by atoms with E-state index in [4.69, 9.17) is 5.11 Å². The van der Waals surface area contributed by atoms with Crippen molar-refractivity contribution in [1.82, 2.24) is 0 Å². The van der Waals surface area contributed by atoms with Crippen molar-refractivity contribution in [3.8, 4) is 0 Å². The minimum Gasteiger partial charge on any atom is -0.396 e. The molecule has 12 heavy (non-hydrogen) atoms. The fourth-order valence-electron chi connectivity index (χ4n) is 3.52. The Bertz CT molecular complexity index is 153. The highest BCUT2D eigenvalue weighted by atomic mass is 16.2. The third kappa shape index (κ3) is 1.28. The van der Waals surface area contributed by atoms with E-state index in [-0.39, 0.29) is 0 Å². The Morgan fingerprint density at radius 3 is 2.58 bits per heavy atom. The van der Waals surface area contributed by atoms with E-state index in [0.29, 0.717) is 6.61 Å². The molecule has 2 rings (SSSR count). The maximum absolute atomic E-state index is 8.78. The van der Waals surface area contributed by atoms with Gasteiger partial charge < -0.3 is 5.11 Å². The van der Waals surface area contributed by atoms with Crippen LogP contribution >= 0.6 is 0 Å². The average Bonchev–Trinajstić information content (AvgIpc) is 2.62. The summed E-state index contributed by atoms with van der Waals surface area (Å²) in [5.74, 6) is 3.97. The summed E-state index contributed by atoms with van der Waals surface area (Å²) in [6.45, 7) is 2.81. The highest BCUT2D eigenvalue weighted by Gasteiger charge is 2.44. The van der Waals surface area contributed by atoms with Crippen molar-refractivity contribution >= 4 is 0 Å². The maximum Gasteiger partial charge on any atom is 0.0431 e. The van der Waals surface area contributed by atoms with Crippen molar-refractivity contribution in [2.24, 2.45) is 23.7 Å². The van der Waals surface area contributed by atoms with Crippen LogP contribution < -0.4 is 0 Å². The molecule has 2 bridgehead atoms. The van der Waals surface area contributed by atoms with E-state index in [1.54, 1.807) is 0 Å². The van der Waals surface area contributed by atoms with Crippen LogP contribution in [-0.4, -0.2) is 11.7 Å². The highest BCUT2D eigenvalue weighted by molar-refractivity contribution is 4.94. The highest BCUT2D eigenvalue weighted by Crippen LogP contribution is 2.53. The van der Waals surface area contributed by atoms with E-state index >= 15 is 0 Å². The van der Waals surface area contributed by atoms with Crippen molar-refractivity contribution in [2.75, 3.05) is 6.61 Å². The molecule has 0 saturated heterocycles. The van der Waals surface area contributed by atoms with Crippen LogP contribution in [0, 0.1) is 23.7 Å². The second-order valence-electron chi connectivity index (χ2n) is 4.72. The molecule has 1 nitrogen and oxygen atoms in total. The van der Waals surface area contributed by atoms with Gasteiger partial charge in [0, 0.05) is 6.61 Å². The SMILES string of the molecule is CC1C2CCC(C2)C1CCCO. The molecule has 2 fully saturated rings. The Morgan fingerprint density at radius 1 is 1.25 bits per heavy atom. The Kier molecular flexibility index (Phi) is 2.40. The topological polar surface area (TPSA) is 20.2 Å². The van der Waals surface area contributed by atoms with E-state index in [1.165, 1.54) is 25.7 Å². The van der Waals surface area contributed by atoms with Gasteiger partial charge in [-0.05, 0) is 55.8 Å². The van der Waals surface area contributed by atoms with Gasteiger partial charge in [0.15, 0.2) is 0 Å². The lowest BCUT2D eigenvalue weighted by Gasteiger charge is -2.27. The first-order chi connectivity index (χ1) is 5.83. The van der Waals surface area contributed by atoms with E-state index in [9.17, 15) is 0 Å². The first-order valence-corrected chi connectivity index (χ1v) is 5.43. The van der Waals surface area contributed by atoms with Crippen molar-refractivity contribution in [3.63, 3.8) is 0 Å². The lowest BCUT2D eigenvalue weighted by Crippen LogP contribution is -2.19. The van der Waals surface area contributed by atoms with Gasteiger partial charge in [0.25, 0.3) is 0 Å². The van der Waals surface area contributed by atoms with Crippen LogP contribution in [0.5, 0.6) is 0 Å². The third-order valence-corrected chi connectivity index (χ3v) is 4.23. The number of fused-ring (bicyclic) bond motifs is 2. The molecule has 0 aliphatic heterocycles. The predicted octanol–water partition coefficient (Wildman–Crippen LogP) is 2.44. The molecule has 0 spiro atoms. The lowest BCUT2D eigenvalue weighted by molar-refractivity contribution is 0.199. The molecular weight excluding hydrogens is 148 g/mol. The fourth-order valence-corrected chi connectivity index (χ4v) is 3.52. The Labute approximate surface area is 75.2 Å². The van der Waals surface area contributed by atoms with Gasteiger partial charge in [0.1, 0.15) is 0 Å². The van der Waals surface area contributed by atoms with Gasteiger partial charge in [-0.2, -0.15) is 0 Å². The second-order valence-corrected chi connectivity index (χ2v) is 4.72. The number of aliphatic hydroxyl groups excluding tert-OH is 1. The van der Waals surface area contributed by atoms with E-state index in [0.717, 1.165) is 30.1 Å². The third-order valence-electron chi connectivity index (χ3n) is 4.23. The van der Waals surface area contributed by atoms with Gasteiger partial charge in [0.2, 0.25) is 0 Å². The quantitative estimate of drug-likeness (QED) is 0.686. The zero-order valence-electron chi connectivity index (χ0n) is 8.00. The number of hydrogen-bond donors (Lipinski definition) is 1. The summed E-state index contributed by atoms with van der Waals surface area (Å²) in [6.07, 6.45) is 6.76. The molecular formula is C11H20O. The average molecular weight is 168 g/mol. The molecule has 70 valence electrons. The van der Waals surface area contributed by atoms with Crippen LogP contribution in [0.2, 0.25) is 0 Å². The normalized spacial score (nSPS) is 45.5. The number of aliphatic hydroxyl groups is 1. The molecule has 1 heteroatoms. The molecule has 1 N–H and O–H groups in total. The van der Waals surface area contributed by atoms with Gasteiger partial charge in [-0.1, -0.05) is 6.92 Å². The van der Waals surface area contributed by atoms with Crippen LogP contribution in [0.1, 0.15) is 39.0 Å². The molecule has 2 aliphatic rings. The van der Waals surface area contributed by atoms with Gasteiger partial charge >= 0.3 is 0 Å². The molecule has 0 amide bonds. The molecule has 0 aromatic carbocycles. The fraction of sp³-hybridized carbons (Fsp3) is 1.00. The zero-order chi connectivity index (χ0) is 8.55. The largest absolute Gasteiger partial charge is 0.396 e.